The number of rotatable bonds is 7. The summed E-state index contributed by atoms with van der Waals surface area (Å²) in [4.78, 5) is 4.42. The first-order valence-corrected chi connectivity index (χ1v) is 13.6. The van der Waals surface area contributed by atoms with Crippen LogP contribution in [0.2, 0.25) is 0 Å². The van der Waals surface area contributed by atoms with E-state index in [2.05, 4.69) is 11.9 Å². The fourth-order valence-electron chi connectivity index (χ4n) is 6.67. The number of hydrogen-bond donors (Lipinski definition) is 0. The van der Waals surface area contributed by atoms with Gasteiger partial charge in [0.2, 0.25) is 5.89 Å². The number of nitrogens with zero attached hydrogens (tertiary/aromatic N) is 1. The molecule has 2 aliphatic carbocycles. The Hall–Kier alpha value is -2.50. The van der Waals surface area contributed by atoms with E-state index in [1.165, 1.54) is 38.5 Å². The predicted octanol–water partition coefficient (Wildman–Crippen LogP) is 9.42. The molecule has 2 aromatic carbocycles. The molecule has 0 atom stereocenters. The maximum absolute atomic E-state index is 15.7. The van der Waals surface area contributed by atoms with Crippen LogP contribution in [0.3, 0.4) is 0 Å². The van der Waals surface area contributed by atoms with Crippen LogP contribution >= 0.6 is 0 Å². The van der Waals surface area contributed by atoms with Crippen molar-refractivity contribution in [3.05, 3.63) is 47.3 Å². The van der Waals surface area contributed by atoms with Crippen LogP contribution in [0, 0.1) is 30.5 Å². The normalized spacial score (nSPS) is 24.9. The third kappa shape index (κ3) is 5.28. The summed E-state index contributed by atoms with van der Waals surface area (Å²) in [6, 6.07) is 8.83. The summed E-state index contributed by atoms with van der Waals surface area (Å²) < 4.78 is 52.9. The zero-order chi connectivity index (χ0) is 25.2. The van der Waals surface area contributed by atoms with Crippen LogP contribution in [0.1, 0.15) is 88.2 Å². The summed E-state index contributed by atoms with van der Waals surface area (Å²) in [6.45, 7) is 1.06. The van der Waals surface area contributed by atoms with Gasteiger partial charge >= 0.3 is 6.61 Å². The lowest BCUT2D eigenvalue weighted by Crippen LogP contribution is -2.25. The fraction of sp³-hybridized carbons (Fsp3) is 0.567. The van der Waals surface area contributed by atoms with E-state index in [1.807, 2.05) is 19.1 Å². The lowest BCUT2D eigenvalue weighted by Gasteiger charge is -2.38. The second kappa shape index (κ2) is 10.9. The van der Waals surface area contributed by atoms with Crippen molar-refractivity contribution in [1.29, 1.82) is 0 Å². The summed E-state index contributed by atoms with van der Waals surface area (Å²) in [7, 11) is 0. The maximum atomic E-state index is 15.7. The van der Waals surface area contributed by atoms with E-state index in [1.54, 1.807) is 18.2 Å². The molecule has 0 spiro atoms. The SMILES string of the molecule is CCC[C@H]1CC[C@H](C2CCC(c3ccc(-c4nc5cc(C)ccc5o4)c(OC(F)F)c3F)CC2)CC1. The topological polar surface area (TPSA) is 35.3 Å². The Kier molecular flexibility index (Phi) is 7.59. The smallest absolute Gasteiger partial charge is 0.387 e. The van der Waals surface area contributed by atoms with Gasteiger partial charge in [-0.2, -0.15) is 8.78 Å². The van der Waals surface area contributed by atoms with Gasteiger partial charge in [-0.05, 0) is 98.4 Å². The number of fused-ring (bicyclic) bond motifs is 1. The highest BCUT2D eigenvalue weighted by atomic mass is 19.3. The van der Waals surface area contributed by atoms with Gasteiger partial charge in [-0.1, -0.05) is 44.7 Å². The Bertz CT molecular complexity index is 1170. The predicted molar refractivity (Wildman–Crippen MR) is 136 cm³/mol. The van der Waals surface area contributed by atoms with E-state index < -0.39 is 18.2 Å². The molecule has 2 aliphatic rings. The molecule has 0 amide bonds. The van der Waals surface area contributed by atoms with Crippen molar-refractivity contribution >= 4 is 11.1 Å². The number of oxazole rings is 1. The lowest BCUT2D eigenvalue weighted by molar-refractivity contribution is -0.0519. The highest BCUT2D eigenvalue weighted by Gasteiger charge is 2.33. The largest absolute Gasteiger partial charge is 0.436 e. The molecule has 6 heteroatoms. The standard InChI is InChI=1S/C30H36F3NO2/c1-3-4-19-6-8-20(9-7-19)21-10-12-22(13-11-21)23-14-15-24(28(27(23)31)36-30(32)33)29-34-25-17-18(2)5-16-26(25)35-29/h5,14-17,19-22,30H,3-4,6-13H2,1-2H3/t19-,20-,21?,22?. The van der Waals surface area contributed by atoms with Crippen LogP contribution in [-0.4, -0.2) is 11.6 Å². The molecule has 0 aliphatic heterocycles. The van der Waals surface area contributed by atoms with Crippen LogP contribution in [0.25, 0.3) is 22.6 Å². The van der Waals surface area contributed by atoms with Gasteiger partial charge in [-0.25, -0.2) is 9.37 Å². The Morgan fingerprint density at radius 1 is 0.972 bits per heavy atom. The number of aromatic nitrogens is 1. The van der Waals surface area contributed by atoms with Crippen LogP contribution < -0.4 is 4.74 Å². The summed E-state index contributed by atoms with van der Waals surface area (Å²) in [5, 5.41) is 0. The van der Waals surface area contributed by atoms with Crippen molar-refractivity contribution in [2.75, 3.05) is 0 Å². The number of halogens is 3. The lowest BCUT2D eigenvalue weighted by atomic mass is 9.68. The quantitative estimate of drug-likeness (QED) is 0.325. The summed E-state index contributed by atoms with van der Waals surface area (Å²) in [6.07, 6.45) is 11.9. The van der Waals surface area contributed by atoms with E-state index in [9.17, 15) is 8.78 Å². The van der Waals surface area contributed by atoms with Gasteiger partial charge in [-0.15, -0.1) is 0 Å². The molecule has 3 aromatic rings. The van der Waals surface area contributed by atoms with Crippen molar-refractivity contribution in [3.63, 3.8) is 0 Å². The highest BCUT2D eigenvalue weighted by molar-refractivity contribution is 5.78. The molecule has 0 unspecified atom stereocenters. The van der Waals surface area contributed by atoms with Gasteiger partial charge in [0.25, 0.3) is 0 Å². The molecule has 0 bridgehead atoms. The maximum Gasteiger partial charge on any atom is 0.387 e. The van der Waals surface area contributed by atoms with Crippen LogP contribution in [-0.2, 0) is 0 Å². The molecule has 0 radical (unpaired) electrons. The second-order valence-electron chi connectivity index (χ2n) is 10.9. The first-order valence-electron chi connectivity index (χ1n) is 13.6. The van der Waals surface area contributed by atoms with E-state index in [0.717, 1.165) is 43.1 Å². The van der Waals surface area contributed by atoms with Crippen LogP contribution in [0.15, 0.2) is 34.7 Å². The third-order valence-electron chi connectivity index (χ3n) is 8.57. The first kappa shape index (κ1) is 25.2. The molecule has 1 aromatic heterocycles. The molecule has 0 N–H and O–H groups in total. The van der Waals surface area contributed by atoms with Gasteiger partial charge in [-0.3, -0.25) is 0 Å². The molecule has 1 heterocycles. The van der Waals surface area contributed by atoms with Gasteiger partial charge < -0.3 is 9.15 Å². The van der Waals surface area contributed by atoms with E-state index >= 15 is 4.39 Å². The minimum absolute atomic E-state index is 0.0121. The van der Waals surface area contributed by atoms with Crippen molar-refractivity contribution in [2.24, 2.45) is 17.8 Å². The summed E-state index contributed by atoms with van der Waals surface area (Å²) in [5.41, 5.74) is 2.69. The molecule has 5 rings (SSSR count). The molecule has 2 fully saturated rings. The molecular formula is C30H36F3NO2. The number of alkyl halides is 2. The summed E-state index contributed by atoms with van der Waals surface area (Å²) in [5.74, 6) is 1.29. The highest BCUT2D eigenvalue weighted by Crippen LogP contribution is 2.46. The monoisotopic (exact) mass is 499 g/mol. The average Bonchev–Trinajstić information content (AvgIpc) is 3.29. The minimum atomic E-state index is -3.14. The molecule has 3 nitrogen and oxygen atoms in total. The van der Waals surface area contributed by atoms with Gasteiger partial charge in [0.15, 0.2) is 17.1 Å². The minimum Gasteiger partial charge on any atom is -0.436 e. The van der Waals surface area contributed by atoms with E-state index in [0.29, 0.717) is 22.6 Å². The van der Waals surface area contributed by atoms with Crippen LogP contribution in [0.5, 0.6) is 5.75 Å². The number of hydrogen-bond acceptors (Lipinski definition) is 3. The summed E-state index contributed by atoms with van der Waals surface area (Å²) >= 11 is 0. The van der Waals surface area contributed by atoms with Crippen LogP contribution in [0.4, 0.5) is 13.2 Å². The second-order valence-corrected chi connectivity index (χ2v) is 10.9. The van der Waals surface area contributed by atoms with Gasteiger partial charge in [0, 0.05) is 0 Å². The third-order valence-corrected chi connectivity index (χ3v) is 8.57. The number of ether oxygens (including phenoxy) is 1. The Labute approximate surface area is 211 Å². The molecule has 36 heavy (non-hydrogen) atoms. The average molecular weight is 500 g/mol. The molecular weight excluding hydrogens is 463 g/mol. The zero-order valence-corrected chi connectivity index (χ0v) is 21.2. The van der Waals surface area contributed by atoms with Gasteiger partial charge in [0.05, 0.1) is 5.56 Å². The molecule has 2 saturated carbocycles. The number of aryl methyl sites for hydroxylation is 1. The molecule has 0 saturated heterocycles. The zero-order valence-electron chi connectivity index (χ0n) is 21.2. The van der Waals surface area contributed by atoms with Crippen molar-refractivity contribution in [2.45, 2.75) is 90.6 Å². The van der Waals surface area contributed by atoms with Crippen molar-refractivity contribution in [1.82, 2.24) is 4.98 Å². The fourth-order valence-corrected chi connectivity index (χ4v) is 6.67. The number of benzene rings is 2. The first-order chi connectivity index (χ1) is 17.4. The van der Waals surface area contributed by atoms with Crippen molar-refractivity contribution in [3.8, 4) is 17.2 Å². The van der Waals surface area contributed by atoms with Crippen molar-refractivity contribution < 1.29 is 22.3 Å². The Balaban J connectivity index is 1.33. The van der Waals surface area contributed by atoms with Gasteiger partial charge in [0.1, 0.15) is 5.52 Å². The Morgan fingerprint density at radius 3 is 2.33 bits per heavy atom. The molecule has 194 valence electrons. The van der Waals surface area contributed by atoms with E-state index in [4.69, 9.17) is 9.15 Å². The van der Waals surface area contributed by atoms with E-state index in [-0.39, 0.29) is 17.4 Å². The Morgan fingerprint density at radius 2 is 1.67 bits per heavy atom.